The average molecular weight is 221 g/mol. The van der Waals surface area contributed by atoms with Crippen LogP contribution in [-0.2, 0) is 6.42 Å². The van der Waals surface area contributed by atoms with Crippen LogP contribution in [0.4, 0.5) is 0 Å². The summed E-state index contributed by atoms with van der Waals surface area (Å²) in [5, 5.41) is 7.58. The molecule has 3 rings (SSSR count). The van der Waals surface area contributed by atoms with Crippen molar-refractivity contribution in [3.8, 4) is 0 Å². The lowest BCUT2D eigenvalue weighted by molar-refractivity contribution is 0.344. The number of likely N-dealkylation sites (N-methyl/N-ethyl adjacent to an activating group) is 1. The van der Waals surface area contributed by atoms with Crippen molar-refractivity contribution in [3.05, 3.63) is 11.7 Å². The van der Waals surface area contributed by atoms with Crippen LogP contribution in [-0.4, -0.2) is 22.7 Å². The minimum atomic E-state index is 0.539. The van der Waals surface area contributed by atoms with Crippen LogP contribution in [0.1, 0.15) is 50.2 Å². The average Bonchev–Trinajstić information content (AvgIpc) is 3.18. The molecule has 0 radical (unpaired) electrons. The zero-order valence-corrected chi connectivity index (χ0v) is 9.78. The van der Waals surface area contributed by atoms with Crippen LogP contribution in [0.5, 0.6) is 0 Å². The molecule has 1 atom stereocenters. The van der Waals surface area contributed by atoms with E-state index in [-0.39, 0.29) is 0 Å². The number of hydrogen-bond donors (Lipinski definition) is 1. The van der Waals surface area contributed by atoms with Gasteiger partial charge in [-0.05, 0) is 38.1 Å². The molecule has 0 aliphatic heterocycles. The largest absolute Gasteiger partial charge is 0.339 e. The van der Waals surface area contributed by atoms with Crippen LogP contribution in [0.25, 0.3) is 0 Å². The first-order valence-electron chi connectivity index (χ1n) is 6.42. The molecule has 16 heavy (non-hydrogen) atoms. The summed E-state index contributed by atoms with van der Waals surface area (Å²) in [6.07, 6.45) is 6.07. The van der Waals surface area contributed by atoms with Crippen LogP contribution >= 0.6 is 0 Å². The molecule has 2 saturated carbocycles. The maximum atomic E-state index is 5.32. The first kappa shape index (κ1) is 10.3. The van der Waals surface area contributed by atoms with Gasteiger partial charge in [-0.25, -0.2) is 0 Å². The molecule has 1 heterocycles. The molecule has 0 bridgehead atoms. The smallest absolute Gasteiger partial charge is 0.228 e. The fourth-order valence-corrected chi connectivity index (χ4v) is 2.21. The van der Waals surface area contributed by atoms with Crippen molar-refractivity contribution in [1.82, 2.24) is 15.5 Å². The number of hydrogen-bond acceptors (Lipinski definition) is 4. The Balaban J connectivity index is 1.61. The number of rotatable bonds is 6. The third-order valence-corrected chi connectivity index (χ3v) is 3.48. The Labute approximate surface area is 95.8 Å². The van der Waals surface area contributed by atoms with Crippen LogP contribution in [0.15, 0.2) is 4.52 Å². The van der Waals surface area contributed by atoms with Crippen molar-refractivity contribution in [1.29, 1.82) is 0 Å². The van der Waals surface area contributed by atoms with Crippen LogP contribution in [0.3, 0.4) is 0 Å². The van der Waals surface area contributed by atoms with Gasteiger partial charge in [-0.1, -0.05) is 12.1 Å². The van der Waals surface area contributed by atoms with Gasteiger partial charge in [0, 0.05) is 18.4 Å². The highest BCUT2D eigenvalue weighted by molar-refractivity contribution is 5.04. The Morgan fingerprint density at radius 3 is 2.81 bits per heavy atom. The summed E-state index contributed by atoms with van der Waals surface area (Å²) in [4.78, 5) is 4.49. The zero-order chi connectivity index (χ0) is 11.0. The molecular weight excluding hydrogens is 202 g/mol. The molecule has 4 heteroatoms. The molecular formula is C12H19N3O. The van der Waals surface area contributed by atoms with E-state index < -0.39 is 0 Å². The van der Waals surface area contributed by atoms with Crippen molar-refractivity contribution < 1.29 is 4.52 Å². The van der Waals surface area contributed by atoms with E-state index in [1.165, 1.54) is 25.7 Å². The Morgan fingerprint density at radius 1 is 1.38 bits per heavy atom. The molecule has 2 fully saturated rings. The molecule has 0 aromatic carbocycles. The van der Waals surface area contributed by atoms with Gasteiger partial charge in [0.1, 0.15) is 0 Å². The predicted octanol–water partition coefficient (Wildman–Crippen LogP) is 1.88. The van der Waals surface area contributed by atoms with Gasteiger partial charge >= 0.3 is 0 Å². The van der Waals surface area contributed by atoms with Crippen LogP contribution < -0.4 is 5.32 Å². The number of nitrogens with one attached hydrogen (secondary N) is 1. The molecule has 88 valence electrons. The second-order valence-electron chi connectivity index (χ2n) is 5.03. The van der Waals surface area contributed by atoms with Crippen LogP contribution in [0, 0.1) is 5.92 Å². The van der Waals surface area contributed by atoms with Crippen molar-refractivity contribution in [2.24, 2.45) is 5.92 Å². The lowest BCUT2D eigenvalue weighted by Gasteiger charge is -2.14. The second kappa shape index (κ2) is 4.17. The summed E-state index contributed by atoms with van der Waals surface area (Å²) >= 11 is 0. The molecule has 1 aromatic rings. The second-order valence-corrected chi connectivity index (χ2v) is 5.03. The third-order valence-electron chi connectivity index (χ3n) is 3.48. The molecule has 0 amide bonds. The lowest BCUT2D eigenvalue weighted by Crippen LogP contribution is -2.33. The quantitative estimate of drug-likeness (QED) is 0.796. The topological polar surface area (TPSA) is 51.0 Å². The third kappa shape index (κ3) is 2.26. The Hall–Kier alpha value is -0.900. The molecule has 0 saturated heterocycles. The summed E-state index contributed by atoms with van der Waals surface area (Å²) in [6, 6.07) is 0.539. The van der Waals surface area contributed by atoms with E-state index in [1.807, 2.05) is 0 Å². The number of nitrogens with zero attached hydrogens (tertiary/aromatic N) is 2. The predicted molar refractivity (Wildman–Crippen MR) is 60.2 cm³/mol. The van der Waals surface area contributed by atoms with Gasteiger partial charge in [-0.2, -0.15) is 4.98 Å². The minimum Gasteiger partial charge on any atom is -0.339 e. The summed E-state index contributed by atoms with van der Waals surface area (Å²) in [7, 11) is 0. The standard InChI is InChI=1S/C12H19N3O/c1-2-13-10(8-3-4-8)7-11-14-12(15-16-11)9-5-6-9/h8-10,13H,2-7H2,1H3. The van der Waals surface area contributed by atoms with Gasteiger partial charge in [0.05, 0.1) is 0 Å². The molecule has 1 N–H and O–H groups in total. The van der Waals surface area contributed by atoms with Gasteiger partial charge in [0.15, 0.2) is 5.82 Å². The normalized spacial score (nSPS) is 22.3. The first-order valence-corrected chi connectivity index (χ1v) is 6.42. The molecule has 4 nitrogen and oxygen atoms in total. The van der Waals surface area contributed by atoms with Crippen LogP contribution in [0.2, 0.25) is 0 Å². The maximum Gasteiger partial charge on any atom is 0.228 e. The van der Waals surface area contributed by atoms with Gasteiger partial charge in [-0.15, -0.1) is 0 Å². The fourth-order valence-electron chi connectivity index (χ4n) is 2.21. The monoisotopic (exact) mass is 221 g/mol. The lowest BCUT2D eigenvalue weighted by atomic mass is 10.1. The highest BCUT2D eigenvalue weighted by Crippen LogP contribution is 2.38. The van der Waals surface area contributed by atoms with E-state index in [2.05, 4.69) is 22.4 Å². The van der Waals surface area contributed by atoms with E-state index in [4.69, 9.17) is 4.52 Å². The van der Waals surface area contributed by atoms with Gasteiger partial charge in [0.2, 0.25) is 5.89 Å². The zero-order valence-electron chi connectivity index (χ0n) is 9.78. The van der Waals surface area contributed by atoms with E-state index >= 15 is 0 Å². The molecule has 0 spiro atoms. The fraction of sp³-hybridized carbons (Fsp3) is 0.833. The Bertz CT molecular complexity index is 355. The Morgan fingerprint density at radius 2 is 2.19 bits per heavy atom. The van der Waals surface area contributed by atoms with Crippen molar-refractivity contribution in [2.75, 3.05) is 6.54 Å². The summed E-state index contributed by atoms with van der Waals surface area (Å²) < 4.78 is 5.32. The van der Waals surface area contributed by atoms with E-state index in [0.29, 0.717) is 12.0 Å². The van der Waals surface area contributed by atoms with E-state index in [1.54, 1.807) is 0 Å². The Kier molecular flexibility index (Phi) is 2.67. The molecule has 2 aliphatic rings. The van der Waals surface area contributed by atoms with E-state index in [0.717, 1.165) is 30.6 Å². The highest BCUT2D eigenvalue weighted by atomic mass is 16.5. The maximum absolute atomic E-state index is 5.32. The highest BCUT2D eigenvalue weighted by Gasteiger charge is 2.33. The summed E-state index contributed by atoms with van der Waals surface area (Å²) in [6.45, 7) is 3.17. The van der Waals surface area contributed by atoms with Gasteiger partial charge in [-0.3, -0.25) is 0 Å². The number of aromatic nitrogens is 2. The first-order chi connectivity index (χ1) is 7.86. The molecule has 1 unspecified atom stereocenters. The summed E-state index contributed by atoms with van der Waals surface area (Å²) in [5.74, 6) is 3.17. The minimum absolute atomic E-state index is 0.539. The van der Waals surface area contributed by atoms with Gasteiger partial charge in [0.25, 0.3) is 0 Å². The summed E-state index contributed by atoms with van der Waals surface area (Å²) in [5.41, 5.74) is 0. The molecule has 2 aliphatic carbocycles. The van der Waals surface area contributed by atoms with Crippen molar-refractivity contribution in [2.45, 2.75) is 51.0 Å². The van der Waals surface area contributed by atoms with Crippen molar-refractivity contribution >= 4 is 0 Å². The molecule has 1 aromatic heterocycles. The van der Waals surface area contributed by atoms with E-state index in [9.17, 15) is 0 Å². The van der Waals surface area contributed by atoms with Crippen molar-refractivity contribution in [3.63, 3.8) is 0 Å². The van der Waals surface area contributed by atoms with Gasteiger partial charge < -0.3 is 9.84 Å². The SMILES string of the molecule is CCNC(Cc1nc(C2CC2)no1)C1CC1.